The largest absolute Gasteiger partial charge is 0.456 e. The highest BCUT2D eigenvalue weighted by molar-refractivity contribution is 5.97. The minimum absolute atomic E-state index is 0.106. The number of Topliss-reactive ketones (excluding diaryl/α,β-unsaturated/α-hetero) is 2. The Bertz CT molecular complexity index is 1050. The fourth-order valence-electron chi connectivity index (χ4n) is 3.48. The van der Waals surface area contributed by atoms with E-state index in [2.05, 4.69) is 0 Å². The molecule has 1 aliphatic heterocycles. The van der Waals surface area contributed by atoms with Gasteiger partial charge in [0.1, 0.15) is 11.6 Å². The number of anilines is 1. The van der Waals surface area contributed by atoms with Gasteiger partial charge in [-0.1, -0.05) is 0 Å². The van der Waals surface area contributed by atoms with Crippen LogP contribution in [0.2, 0.25) is 0 Å². The predicted octanol–water partition coefficient (Wildman–Crippen LogP) is 3.02. The van der Waals surface area contributed by atoms with Crippen molar-refractivity contribution in [1.29, 1.82) is 0 Å². The topological polar surface area (TPSA) is 84.0 Å². The zero-order chi connectivity index (χ0) is 24.0. The van der Waals surface area contributed by atoms with Crippen molar-refractivity contribution >= 4 is 29.1 Å². The second kappa shape index (κ2) is 10.8. The molecule has 0 saturated carbocycles. The van der Waals surface area contributed by atoms with Gasteiger partial charge in [0.25, 0.3) is 5.91 Å². The molecule has 33 heavy (non-hydrogen) atoms. The number of hydrogen-bond donors (Lipinski definition) is 0. The highest BCUT2D eigenvalue weighted by Gasteiger charge is 2.24. The first-order valence-corrected chi connectivity index (χ1v) is 10.5. The van der Waals surface area contributed by atoms with Crippen molar-refractivity contribution in [2.24, 2.45) is 0 Å². The van der Waals surface area contributed by atoms with Crippen LogP contribution < -0.4 is 4.90 Å². The van der Waals surface area contributed by atoms with Crippen LogP contribution in [-0.4, -0.2) is 61.1 Å². The van der Waals surface area contributed by atoms with E-state index in [4.69, 9.17) is 4.74 Å². The lowest BCUT2D eigenvalue weighted by Crippen LogP contribution is -2.50. The number of nitrogens with zero attached hydrogens (tertiary/aromatic N) is 2. The van der Waals surface area contributed by atoms with E-state index < -0.39 is 24.2 Å². The number of amides is 1. The number of rotatable bonds is 8. The Kier molecular flexibility index (Phi) is 7.87. The van der Waals surface area contributed by atoms with E-state index in [-0.39, 0.29) is 30.3 Å². The lowest BCUT2D eigenvalue weighted by atomic mass is 10.1. The molecule has 1 saturated heterocycles. The molecule has 3 rings (SSSR count). The third kappa shape index (κ3) is 6.44. The molecule has 1 aliphatic rings. The highest BCUT2D eigenvalue weighted by Crippen LogP contribution is 2.22. The van der Waals surface area contributed by atoms with Crippen LogP contribution in [0.3, 0.4) is 0 Å². The van der Waals surface area contributed by atoms with Crippen molar-refractivity contribution in [2.75, 3.05) is 37.7 Å². The van der Waals surface area contributed by atoms with Gasteiger partial charge in [0.15, 0.2) is 18.2 Å². The van der Waals surface area contributed by atoms with Crippen LogP contribution >= 0.6 is 0 Å². The summed E-state index contributed by atoms with van der Waals surface area (Å²) in [6.45, 7) is 2.37. The van der Waals surface area contributed by atoms with E-state index in [1.807, 2.05) is 0 Å². The van der Waals surface area contributed by atoms with Gasteiger partial charge < -0.3 is 14.5 Å². The van der Waals surface area contributed by atoms with Crippen LogP contribution in [-0.2, 0) is 14.3 Å². The number of carbonyl (C=O) groups excluding carboxylic acids is 4. The molecule has 2 aromatic carbocycles. The predicted molar refractivity (Wildman–Crippen MR) is 116 cm³/mol. The van der Waals surface area contributed by atoms with Gasteiger partial charge >= 0.3 is 5.97 Å². The summed E-state index contributed by atoms with van der Waals surface area (Å²) in [4.78, 5) is 50.9. The summed E-state index contributed by atoms with van der Waals surface area (Å²) >= 11 is 0. The second-order valence-corrected chi connectivity index (χ2v) is 7.68. The summed E-state index contributed by atoms with van der Waals surface area (Å²) in [5.74, 6) is -2.54. The standard InChI is InChI=1S/C24H24F2N2O5/c1-16(29)18-4-7-21(20(26)14-18)27-10-12-28(13-11-27)23(31)15-33-24(32)9-8-22(30)17-2-5-19(25)6-3-17/h2-7,14H,8-13,15H2,1H3. The molecule has 0 aromatic heterocycles. The molecule has 7 nitrogen and oxygen atoms in total. The Morgan fingerprint density at radius 1 is 0.879 bits per heavy atom. The van der Waals surface area contributed by atoms with Gasteiger partial charge in [-0.2, -0.15) is 0 Å². The molecule has 0 aliphatic carbocycles. The summed E-state index contributed by atoms with van der Waals surface area (Å²) in [6.07, 6.45) is -0.294. The molecule has 174 valence electrons. The number of esters is 1. The molecule has 9 heteroatoms. The molecule has 0 radical (unpaired) electrons. The van der Waals surface area contributed by atoms with Gasteiger partial charge in [0.05, 0.1) is 12.1 Å². The molecule has 1 amide bonds. The first kappa shape index (κ1) is 24.0. The Hall–Kier alpha value is -3.62. The summed E-state index contributed by atoms with van der Waals surface area (Å²) in [6, 6.07) is 9.34. The maximum atomic E-state index is 14.3. The minimum Gasteiger partial charge on any atom is -0.456 e. The van der Waals surface area contributed by atoms with Crippen molar-refractivity contribution in [3.05, 3.63) is 65.2 Å². The first-order valence-electron chi connectivity index (χ1n) is 10.5. The lowest BCUT2D eigenvalue weighted by molar-refractivity contribution is -0.152. The van der Waals surface area contributed by atoms with Crippen molar-refractivity contribution < 1.29 is 32.7 Å². The van der Waals surface area contributed by atoms with Crippen LogP contribution in [0.4, 0.5) is 14.5 Å². The number of carbonyl (C=O) groups is 4. The first-order chi connectivity index (χ1) is 15.7. The fourth-order valence-corrected chi connectivity index (χ4v) is 3.48. The third-order valence-corrected chi connectivity index (χ3v) is 5.41. The fraction of sp³-hybridized carbons (Fsp3) is 0.333. The number of halogens is 2. The maximum Gasteiger partial charge on any atom is 0.306 e. The average molecular weight is 458 g/mol. The molecule has 0 bridgehead atoms. The normalized spacial score (nSPS) is 13.5. The molecular weight excluding hydrogens is 434 g/mol. The molecule has 0 N–H and O–H groups in total. The van der Waals surface area contributed by atoms with Gasteiger partial charge in [-0.3, -0.25) is 19.2 Å². The second-order valence-electron chi connectivity index (χ2n) is 7.68. The van der Waals surface area contributed by atoms with Crippen LogP contribution in [0.25, 0.3) is 0 Å². The van der Waals surface area contributed by atoms with Gasteiger partial charge in [-0.05, 0) is 49.4 Å². The molecule has 0 atom stereocenters. The third-order valence-electron chi connectivity index (χ3n) is 5.41. The van der Waals surface area contributed by atoms with Crippen molar-refractivity contribution in [1.82, 2.24) is 4.90 Å². The van der Waals surface area contributed by atoms with E-state index in [1.165, 1.54) is 42.2 Å². The summed E-state index contributed by atoms with van der Waals surface area (Å²) < 4.78 is 32.2. The van der Waals surface area contributed by atoms with E-state index in [0.717, 1.165) is 0 Å². The highest BCUT2D eigenvalue weighted by atomic mass is 19.1. The molecule has 0 spiro atoms. The number of piperazine rings is 1. The van der Waals surface area contributed by atoms with Crippen LogP contribution in [0.5, 0.6) is 0 Å². The van der Waals surface area contributed by atoms with E-state index in [9.17, 15) is 28.0 Å². The van der Waals surface area contributed by atoms with Gasteiger partial charge in [-0.25, -0.2) is 8.78 Å². The van der Waals surface area contributed by atoms with E-state index in [1.54, 1.807) is 17.0 Å². The number of hydrogen-bond acceptors (Lipinski definition) is 6. The Morgan fingerprint density at radius 3 is 2.12 bits per heavy atom. The van der Waals surface area contributed by atoms with Crippen LogP contribution in [0.15, 0.2) is 42.5 Å². The molecule has 0 unspecified atom stereocenters. The number of ketones is 2. The van der Waals surface area contributed by atoms with E-state index in [0.29, 0.717) is 43.0 Å². The molecular formula is C24H24F2N2O5. The van der Waals surface area contributed by atoms with Crippen molar-refractivity contribution in [3.8, 4) is 0 Å². The Balaban J connectivity index is 1.41. The van der Waals surface area contributed by atoms with Gasteiger partial charge in [0, 0.05) is 43.7 Å². The summed E-state index contributed by atoms with van der Waals surface area (Å²) in [7, 11) is 0. The zero-order valence-electron chi connectivity index (χ0n) is 18.2. The Labute approximate surface area is 189 Å². The Morgan fingerprint density at radius 2 is 1.52 bits per heavy atom. The molecule has 1 heterocycles. The van der Waals surface area contributed by atoms with Gasteiger partial charge in [0.2, 0.25) is 0 Å². The van der Waals surface area contributed by atoms with Crippen LogP contribution in [0, 0.1) is 11.6 Å². The van der Waals surface area contributed by atoms with Crippen molar-refractivity contribution in [3.63, 3.8) is 0 Å². The van der Waals surface area contributed by atoms with Gasteiger partial charge in [-0.15, -0.1) is 0 Å². The number of benzene rings is 2. The maximum absolute atomic E-state index is 14.3. The van der Waals surface area contributed by atoms with Crippen LogP contribution in [0.1, 0.15) is 40.5 Å². The zero-order valence-corrected chi connectivity index (χ0v) is 18.2. The molecule has 2 aromatic rings. The van der Waals surface area contributed by atoms with E-state index >= 15 is 0 Å². The number of ether oxygens (including phenoxy) is 1. The average Bonchev–Trinajstić information content (AvgIpc) is 2.81. The van der Waals surface area contributed by atoms with Crippen molar-refractivity contribution in [2.45, 2.75) is 19.8 Å². The quantitative estimate of drug-likeness (QED) is 0.447. The summed E-state index contributed by atoms with van der Waals surface area (Å²) in [5.41, 5.74) is 0.959. The smallest absolute Gasteiger partial charge is 0.306 e. The molecule has 1 fully saturated rings. The summed E-state index contributed by atoms with van der Waals surface area (Å²) in [5, 5.41) is 0. The lowest BCUT2D eigenvalue weighted by Gasteiger charge is -2.36. The SMILES string of the molecule is CC(=O)c1ccc(N2CCN(C(=O)COC(=O)CCC(=O)c3ccc(F)cc3)CC2)c(F)c1. The monoisotopic (exact) mass is 458 g/mol. The minimum atomic E-state index is -0.676.